The molecule has 2 rings (SSSR count). The topological polar surface area (TPSA) is 59.6 Å². The number of benzene rings is 1. The van der Waals surface area contributed by atoms with E-state index in [-0.39, 0.29) is 30.3 Å². The highest BCUT2D eigenvalue weighted by atomic mass is 35.5. The fourth-order valence-electron chi connectivity index (χ4n) is 3.35. The van der Waals surface area contributed by atoms with Crippen molar-refractivity contribution in [3.05, 3.63) is 29.8 Å². The molecule has 0 radical (unpaired) electrons. The second-order valence-electron chi connectivity index (χ2n) is 7.10. The van der Waals surface area contributed by atoms with Crippen molar-refractivity contribution in [3.8, 4) is 5.75 Å². The van der Waals surface area contributed by atoms with Crippen LogP contribution in [0.5, 0.6) is 5.75 Å². The van der Waals surface area contributed by atoms with Gasteiger partial charge in [0.15, 0.2) is 6.61 Å². The van der Waals surface area contributed by atoms with E-state index in [9.17, 15) is 4.79 Å². The van der Waals surface area contributed by atoms with E-state index in [4.69, 9.17) is 9.47 Å². The first kappa shape index (κ1) is 22.7. The van der Waals surface area contributed by atoms with Crippen LogP contribution in [0.3, 0.4) is 0 Å². The van der Waals surface area contributed by atoms with E-state index < -0.39 is 0 Å². The Morgan fingerprint density at radius 1 is 1.31 bits per heavy atom. The lowest BCUT2D eigenvalue weighted by Crippen LogP contribution is -2.47. The molecular weight excluding hydrogens is 352 g/mol. The minimum Gasteiger partial charge on any atom is -0.483 e. The number of hydrogen-bond acceptors (Lipinski definition) is 4. The van der Waals surface area contributed by atoms with Crippen molar-refractivity contribution in [1.29, 1.82) is 0 Å². The van der Waals surface area contributed by atoms with Crippen molar-refractivity contribution in [2.45, 2.75) is 39.0 Å². The fourth-order valence-corrected chi connectivity index (χ4v) is 3.35. The third-order valence-corrected chi connectivity index (χ3v) is 5.20. The number of carbonyl (C=O) groups is 1. The van der Waals surface area contributed by atoms with Gasteiger partial charge in [0.25, 0.3) is 5.91 Å². The first-order chi connectivity index (χ1) is 12.1. The lowest BCUT2D eigenvalue weighted by Gasteiger charge is -2.37. The van der Waals surface area contributed by atoms with Gasteiger partial charge in [-0.2, -0.15) is 0 Å². The van der Waals surface area contributed by atoms with Gasteiger partial charge in [0.1, 0.15) is 5.75 Å². The molecule has 1 aromatic carbocycles. The Morgan fingerprint density at radius 2 is 2.00 bits per heavy atom. The Labute approximate surface area is 163 Å². The summed E-state index contributed by atoms with van der Waals surface area (Å²) in [4.78, 5) is 12.3. The number of ether oxygens (including phenoxy) is 2. The van der Waals surface area contributed by atoms with Crippen LogP contribution in [0.15, 0.2) is 24.3 Å². The van der Waals surface area contributed by atoms with Crippen LogP contribution in [0, 0.1) is 5.41 Å². The van der Waals surface area contributed by atoms with Crippen molar-refractivity contribution >= 4 is 18.3 Å². The fraction of sp³-hybridized carbons (Fsp3) is 0.650. The van der Waals surface area contributed by atoms with Gasteiger partial charge in [-0.1, -0.05) is 32.0 Å². The van der Waals surface area contributed by atoms with Gasteiger partial charge in [-0.15, -0.1) is 12.4 Å². The van der Waals surface area contributed by atoms with E-state index in [1.54, 1.807) is 7.11 Å². The summed E-state index contributed by atoms with van der Waals surface area (Å²) < 4.78 is 11.2. The number of rotatable bonds is 9. The molecule has 0 saturated carbocycles. The number of hydrogen-bond donors (Lipinski definition) is 2. The molecule has 0 spiro atoms. The first-order valence-electron chi connectivity index (χ1n) is 9.28. The summed E-state index contributed by atoms with van der Waals surface area (Å²) in [7, 11) is 1.72. The second kappa shape index (κ2) is 11.4. The third kappa shape index (κ3) is 6.45. The molecule has 1 saturated heterocycles. The van der Waals surface area contributed by atoms with Gasteiger partial charge < -0.3 is 20.1 Å². The molecule has 1 fully saturated rings. The quantitative estimate of drug-likeness (QED) is 0.686. The zero-order valence-electron chi connectivity index (χ0n) is 16.2. The molecule has 1 heterocycles. The van der Waals surface area contributed by atoms with Gasteiger partial charge in [-0.05, 0) is 49.9 Å². The number of methoxy groups -OCH3 is 1. The maximum Gasteiger partial charge on any atom is 0.257 e. The van der Waals surface area contributed by atoms with Crippen molar-refractivity contribution in [2.75, 3.05) is 40.0 Å². The molecule has 5 nitrogen and oxygen atoms in total. The average Bonchev–Trinajstić information content (AvgIpc) is 2.65. The number of halogens is 1. The summed E-state index contributed by atoms with van der Waals surface area (Å²) in [6, 6.07) is 7.97. The third-order valence-electron chi connectivity index (χ3n) is 5.20. The SMILES string of the molecule is CCC(C)c1ccccc1OCC(=O)NCC1(COC)CCNCC1.Cl. The Hall–Kier alpha value is -1.30. The monoisotopic (exact) mass is 384 g/mol. The Morgan fingerprint density at radius 3 is 2.65 bits per heavy atom. The van der Waals surface area contributed by atoms with Gasteiger partial charge in [0.2, 0.25) is 0 Å². The molecule has 1 amide bonds. The van der Waals surface area contributed by atoms with Crippen LogP contribution in [0.2, 0.25) is 0 Å². The predicted octanol–water partition coefficient (Wildman–Crippen LogP) is 3.13. The van der Waals surface area contributed by atoms with Crippen molar-refractivity contribution in [1.82, 2.24) is 10.6 Å². The van der Waals surface area contributed by atoms with Crippen LogP contribution >= 0.6 is 12.4 Å². The van der Waals surface area contributed by atoms with Crippen LogP contribution in [0.1, 0.15) is 44.6 Å². The highest BCUT2D eigenvalue weighted by Gasteiger charge is 2.32. The molecule has 1 atom stereocenters. The maximum atomic E-state index is 12.3. The molecule has 148 valence electrons. The van der Waals surface area contributed by atoms with E-state index in [2.05, 4.69) is 30.5 Å². The van der Waals surface area contributed by atoms with Crippen LogP contribution in [-0.4, -0.2) is 45.9 Å². The minimum atomic E-state index is -0.0760. The van der Waals surface area contributed by atoms with E-state index in [0.29, 0.717) is 19.1 Å². The molecular formula is C20H33ClN2O3. The van der Waals surface area contributed by atoms with E-state index in [1.807, 2.05) is 18.2 Å². The van der Waals surface area contributed by atoms with Crippen molar-refractivity contribution in [3.63, 3.8) is 0 Å². The Bertz CT molecular complexity index is 542. The summed E-state index contributed by atoms with van der Waals surface area (Å²) in [5.41, 5.74) is 1.19. The smallest absolute Gasteiger partial charge is 0.257 e. The Balaban J connectivity index is 0.00000338. The highest BCUT2D eigenvalue weighted by molar-refractivity contribution is 5.85. The number of piperidine rings is 1. The lowest BCUT2D eigenvalue weighted by atomic mass is 9.79. The van der Waals surface area contributed by atoms with Gasteiger partial charge in [-0.25, -0.2) is 0 Å². The van der Waals surface area contributed by atoms with Crippen LogP contribution < -0.4 is 15.4 Å². The molecule has 0 aliphatic carbocycles. The van der Waals surface area contributed by atoms with Crippen LogP contribution in [-0.2, 0) is 9.53 Å². The number of nitrogens with one attached hydrogen (secondary N) is 2. The Kier molecular flexibility index (Phi) is 9.99. The average molecular weight is 385 g/mol. The molecule has 1 unspecified atom stereocenters. The summed E-state index contributed by atoms with van der Waals surface area (Å²) in [6.45, 7) is 7.63. The van der Waals surface area contributed by atoms with Crippen LogP contribution in [0.25, 0.3) is 0 Å². The molecule has 0 aromatic heterocycles. The zero-order chi connectivity index (χ0) is 18.1. The maximum absolute atomic E-state index is 12.3. The molecule has 2 N–H and O–H groups in total. The number of carbonyl (C=O) groups excluding carboxylic acids is 1. The molecule has 1 aromatic rings. The molecule has 1 aliphatic rings. The molecule has 26 heavy (non-hydrogen) atoms. The molecule has 0 bridgehead atoms. The molecule has 6 heteroatoms. The lowest BCUT2D eigenvalue weighted by molar-refractivity contribution is -0.124. The number of amides is 1. The van der Waals surface area contributed by atoms with E-state index in [0.717, 1.165) is 43.7 Å². The highest BCUT2D eigenvalue weighted by Crippen LogP contribution is 2.29. The van der Waals surface area contributed by atoms with Crippen molar-refractivity contribution < 1.29 is 14.3 Å². The normalized spacial score (nSPS) is 17.0. The minimum absolute atomic E-state index is 0. The number of para-hydroxylation sites is 1. The van der Waals surface area contributed by atoms with Gasteiger partial charge in [-0.3, -0.25) is 4.79 Å². The predicted molar refractivity (Wildman–Crippen MR) is 107 cm³/mol. The van der Waals surface area contributed by atoms with Gasteiger partial charge in [0.05, 0.1) is 6.61 Å². The summed E-state index contributed by atoms with van der Waals surface area (Å²) in [5, 5.41) is 6.40. The largest absolute Gasteiger partial charge is 0.483 e. The van der Waals surface area contributed by atoms with Gasteiger partial charge >= 0.3 is 0 Å². The van der Waals surface area contributed by atoms with Gasteiger partial charge in [0, 0.05) is 19.1 Å². The van der Waals surface area contributed by atoms with E-state index in [1.165, 1.54) is 0 Å². The first-order valence-corrected chi connectivity index (χ1v) is 9.28. The second-order valence-corrected chi connectivity index (χ2v) is 7.10. The molecule has 1 aliphatic heterocycles. The summed E-state index contributed by atoms with van der Waals surface area (Å²) in [5.74, 6) is 1.15. The zero-order valence-corrected chi connectivity index (χ0v) is 17.0. The standard InChI is InChI=1S/C20H32N2O3.ClH/c1-4-16(2)17-7-5-6-8-18(17)25-13-19(23)22-14-20(15-24-3)9-11-21-12-10-20;/h5-8,16,21H,4,9-15H2,1-3H3,(H,22,23);1H. The van der Waals surface area contributed by atoms with E-state index >= 15 is 0 Å². The summed E-state index contributed by atoms with van der Waals surface area (Å²) in [6.07, 6.45) is 3.07. The van der Waals surface area contributed by atoms with Crippen molar-refractivity contribution in [2.24, 2.45) is 5.41 Å². The summed E-state index contributed by atoms with van der Waals surface area (Å²) >= 11 is 0. The van der Waals surface area contributed by atoms with Crippen LogP contribution in [0.4, 0.5) is 0 Å².